The normalized spacial score (nSPS) is 15.0. The second-order valence-corrected chi connectivity index (χ2v) is 5.79. The highest BCUT2D eigenvalue weighted by atomic mass is 32.2. The van der Waals surface area contributed by atoms with E-state index in [1.165, 1.54) is 24.3 Å². The Morgan fingerprint density at radius 2 is 1.89 bits per heavy atom. The van der Waals surface area contributed by atoms with Gasteiger partial charge in [0.15, 0.2) is 0 Å². The maximum Gasteiger partial charge on any atom is 0.573 e. The minimum absolute atomic E-state index is 0.161. The topological polar surface area (TPSA) is 52.3 Å². The minimum atomic E-state index is -4.69. The molecule has 7 heteroatoms. The zero-order valence-electron chi connectivity index (χ0n) is 10.4. The van der Waals surface area contributed by atoms with Gasteiger partial charge in [0.2, 0.25) is 0 Å². The van der Waals surface area contributed by atoms with E-state index in [1.807, 2.05) is 6.92 Å². The molecule has 2 atom stereocenters. The number of hydrogen-bond acceptors (Lipinski definition) is 3. The van der Waals surface area contributed by atoms with Crippen molar-refractivity contribution in [2.24, 2.45) is 11.7 Å². The van der Waals surface area contributed by atoms with Gasteiger partial charge in [-0.05, 0) is 30.2 Å². The van der Waals surface area contributed by atoms with Crippen LogP contribution >= 0.6 is 0 Å². The molecular weight excluding hydrogens is 279 g/mol. The third-order valence-electron chi connectivity index (χ3n) is 2.36. The van der Waals surface area contributed by atoms with Crippen molar-refractivity contribution in [2.75, 3.05) is 12.3 Å². The Morgan fingerprint density at radius 3 is 2.37 bits per heavy atom. The van der Waals surface area contributed by atoms with Gasteiger partial charge in [0.05, 0.1) is 0 Å². The van der Waals surface area contributed by atoms with Gasteiger partial charge in [0, 0.05) is 22.3 Å². The molecule has 0 bridgehead atoms. The average Bonchev–Trinajstić information content (AvgIpc) is 2.29. The number of ether oxygens (including phenoxy) is 1. The highest BCUT2D eigenvalue weighted by Crippen LogP contribution is 2.23. The van der Waals surface area contributed by atoms with Gasteiger partial charge in [0.1, 0.15) is 5.75 Å². The molecule has 0 fully saturated rings. The fourth-order valence-corrected chi connectivity index (χ4v) is 2.87. The molecule has 0 aliphatic heterocycles. The molecule has 0 heterocycles. The summed E-state index contributed by atoms with van der Waals surface area (Å²) in [6.07, 6.45) is -4.69. The molecule has 2 N–H and O–H groups in total. The van der Waals surface area contributed by atoms with E-state index >= 15 is 0 Å². The summed E-state index contributed by atoms with van der Waals surface area (Å²) in [4.78, 5) is 0. The lowest BCUT2D eigenvalue weighted by Crippen LogP contribution is -2.18. The van der Waals surface area contributed by atoms with E-state index in [2.05, 4.69) is 4.74 Å². The monoisotopic (exact) mass is 295 g/mol. The van der Waals surface area contributed by atoms with Crippen molar-refractivity contribution in [2.45, 2.75) is 19.0 Å². The van der Waals surface area contributed by atoms with E-state index in [0.717, 1.165) is 0 Å². The molecule has 1 rings (SSSR count). The Hall–Kier alpha value is -1.08. The average molecular weight is 295 g/mol. The fourth-order valence-electron chi connectivity index (χ4n) is 1.42. The number of nitrogens with two attached hydrogens (primary N) is 1. The summed E-state index contributed by atoms with van der Waals surface area (Å²) >= 11 is 0. The Balaban J connectivity index is 2.55. The summed E-state index contributed by atoms with van der Waals surface area (Å²) in [5.41, 5.74) is 6.14. The van der Waals surface area contributed by atoms with Crippen LogP contribution in [0.3, 0.4) is 0 Å². The molecule has 3 nitrogen and oxygen atoms in total. The molecule has 2 unspecified atom stereocenters. The smallest absolute Gasteiger partial charge is 0.406 e. The summed E-state index contributed by atoms with van der Waals surface area (Å²) in [7, 11) is -1.07. The molecule has 0 aliphatic carbocycles. The van der Waals surface area contributed by atoms with Crippen molar-refractivity contribution in [3.63, 3.8) is 0 Å². The molecule has 1 aromatic carbocycles. The predicted molar refractivity (Wildman–Crippen MR) is 68.1 cm³/mol. The summed E-state index contributed by atoms with van der Waals surface area (Å²) in [5, 5.41) is 0. The largest absolute Gasteiger partial charge is 0.573 e. The van der Waals surface area contributed by atoms with Crippen LogP contribution in [0.15, 0.2) is 24.3 Å². The van der Waals surface area contributed by atoms with E-state index in [1.54, 1.807) is 0 Å². The molecule has 108 valence electrons. The van der Waals surface area contributed by atoms with Gasteiger partial charge in [-0.25, -0.2) is 0 Å². The lowest BCUT2D eigenvalue weighted by atomic mass is 10.2. The van der Waals surface area contributed by atoms with E-state index in [9.17, 15) is 17.4 Å². The SMILES string of the molecule is CC(CN)CS(=O)Cc1ccc(OC(F)(F)F)cc1. The van der Waals surface area contributed by atoms with Crippen molar-refractivity contribution in [1.29, 1.82) is 0 Å². The Kier molecular flexibility index (Phi) is 5.81. The molecule has 0 amide bonds. The van der Waals surface area contributed by atoms with Crippen LogP contribution in [0.4, 0.5) is 13.2 Å². The van der Waals surface area contributed by atoms with Crippen LogP contribution < -0.4 is 10.5 Å². The summed E-state index contributed by atoms with van der Waals surface area (Å²) in [6, 6.07) is 5.39. The van der Waals surface area contributed by atoms with Crippen LogP contribution in [0.5, 0.6) is 5.75 Å². The highest BCUT2D eigenvalue weighted by Gasteiger charge is 2.30. The second kappa shape index (κ2) is 6.91. The number of hydrogen-bond donors (Lipinski definition) is 1. The molecule has 0 saturated carbocycles. The van der Waals surface area contributed by atoms with Gasteiger partial charge >= 0.3 is 6.36 Å². The highest BCUT2D eigenvalue weighted by molar-refractivity contribution is 7.84. The summed E-state index contributed by atoms with van der Waals surface area (Å²) < 4.78 is 51.3. The number of rotatable bonds is 6. The van der Waals surface area contributed by atoms with Crippen molar-refractivity contribution >= 4 is 10.8 Å². The zero-order chi connectivity index (χ0) is 14.5. The van der Waals surface area contributed by atoms with E-state index < -0.39 is 17.2 Å². The van der Waals surface area contributed by atoms with Gasteiger partial charge in [0.25, 0.3) is 0 Å². The molecule has 19 heavy (non-hydrogen) atoms. The van der Waals surface area contributed by atoms with E-state index in [-0.39, 0.29) is 11.7 Å². The van der Waals surface area contributed by atoms with Gasteiger partial charge in [-0.15, -0.1) is 13.2 Å². The van der Waals surface area contributed by atoms with Crippen molar-refractivity contribution in [1.82, 2.24) is 0 Å². The van der Waals surface area contributed by atoms with Crippen LogP contribution in [0, 0.1) is 5.92 Å². The number of benzene rings is 1. The first-order valence-corrected chi connectivity index (χ1v) is 7.18. The predicted octanol–water partition coefficient (Wildman–Crippen LogP) is 2.43. The van der Waals surface area contributed by atoms with Crippen molar-refractivity contribution in [3.8, 4) is 5.75 Å². The van der Waals surface area contributed by atoms with Gasteiger partial charge in [-0.2, -0.15) is 0 Å². The molecule has 0 aromatic heterocycles. The zero-order valence-corrected chi connectivity index (χ0v) is 11.3. The van der Waals surface area contributed by atoms with Crippen LogP contribution in [0.25, 0.3) is 0 Å². The first-order chi connectivity index (χ1) is 8.80. The van der Waals surface area contributed by atoms with E-state index in [4.69, 9.17) is 5.73 Å². The Morgan fingerprint density at radius 1 is 1.32 bits per heavy atom. The maximum atomic E-state index is 12.0. The quantitative estimate of drug-likeness (QED) is 0.877. The molecule has 0 spiro atoms. The lowest BCUT2D eigenvalue weighted by Gasteiger charge is -2.10. The number of alkyl halides is 3. The van der Waals surface area contributed by atoms with Crippen LogP contribution in [0.1, 0.15) is 12.5 Å². The third-order valence-corrected chi connectivity index (χ3v) is 3.95. The van der Waals surface area contributed by atoms with Crippen molar-refractivity contribution in [3.05, 3.63) is 29.8 Å². The standard InChI is InChI=1S/C12H16F3NO2S/c1-9(6-16)7-19(17)8-10-2-4-11(5-3-10)18-12(13,14)15/h2-5,9H,6-8,16H2,1H3. The summed E-state index contributed by atoms with van der Waals surface area (Å²) in [5.74, 6) is 0.666. The fraction of sp³-hybridized carbons (Fsp3) is 0.500. The Bertz CT molecular complexity index is 420. The van der Waals surface area contributed by atoms with Crippen LogP contribution in [-0.2, 0) is 16.6 Å². The molecule has 0 aliphatic rings. The lowest BCUT2D eigenvalue weighted by molar-refractivity contribution is -0.274. The first-order valence-electron chi connectivity index (χ1n) is 5.70. The first kappa shape index (κ1) is 16.0. The minimum Gasteiger partial charge on any atom is -0.406 e. The van der Waals surface area contributed by atoms with Gasteiger partial charge < -0.3 is 10.5 Å². The summed E-state index contributed by atoms with van der Waals surface area (Å²) in [6.45, 7) is 2.36. The second-order valence-electron chi connectivity index (χ2n) is 4.28. The maximum absolute atomic E-state index is 12.0. The molecule has 0 radical (unpaired) electrons. The van der Waals surface area contributed by atoms with Crippen LogP contribution in [-0.4, -0.2) is 22.9 Å². The van der Waals surface area contributed by atoms with Crippen LogP contribution in [0.2, 0.25) is 0 Å². The number of halogens is 3. The van der Waals surface area contributed by atoms with Gasteiger partial charge in [-0.1, -0.05) is 19.1 Å². The van der Waals surface area contributed by atoms with Crippen molar-refractivity contribution < 1.29 is 22.1 Å². The molecule has 0 saturated heterocycles. The third kappa shape index (κ3) is 6.58. The van der Waals surface area contributed by atoms with E-state index in [0.29, 0.717) is 23.6 Å². The Labute approximate surface area is 112 Å². The molecular formula is C12H16F3NO2S. The van der Waals surface area contributed by atoms with Gasteiger partial charge in [-0.3, -0.25) is 4.21 Å². The molecule has 1 aromatic rings.